The van der Waals surface area contributed by atoms with E-state index >= 15 is 0 Å². The zero-order valence-electron chi connectivity index (χ0n) is 7.06. The molecular weight excluding hydrogens is 155 g/mol. The van der Waals surface area contributed by atoms with Gasteiger partial charge in [-0.1, -0.05) is 6.92 Å². The van der Waals surface area contributed by atoms with Crippen molar-refractivity contribution in [3.05, 3.63) is 29.1 Å². The molecule has 0 saturated heterocycles. The van der Waals surface area contributed by atoms with Crippen LogP contribution >= 0.6 is 0 Å². The maximum atomic E-state index is 13.3. The van der Waals surface area contributed by atoms with Gasteiger partial charge < -0.3 is 4.74 Å². The van der Waals surface area contributed by atoms with Gasteiger partial charge in [0, 0.05) is 12.0 Å². The van der Waals surface area contributed by atoms with Gasteiger partial charge in [0.05, 0.1) is 6.61 Å². The van der Waals surface area contributed by atoms with Crippen LogP contribution in [-0.4, -0.2) is 6.61 Å². The van der Waals surface area contributed by atoms with E-state index in [0.29, 0.717) is 13.0 Å². The monoisotopic (exact) mass is 166 g/mol. The maximum Gasteiger partial charge on any atom is 0.130 e. The largest absolute Gasteiger partial charge is 0.493 e. The molecule has 2 heteroatoms. The Kier molecular flexibility index (Phi) is 1.75. The van der Waals surface area contributed by atoms with Crippen LogP contribution in [0.25, 0.3) is 0 Å². The van der Waals surface area contributed by atoms with Gasteiger partial charge in [-0.2, -0.15) is 0 Å². The summed E-state index contributed by atoms with van der Waals surface area (Å²) in [5, 5.41) is 0. The third kappa shape index (κ3) is 1.07. The number of hydrogen-bond donors (Lipinski definition) is 0. The number of aryl methyl sites for hydroxylation is 1. The van der Waals surface area contributed by atoms with E-state index in [1.807, 2.05) is 13.0 Å². The highest BCUT2D eigenvalue weighted by atomic mass is 19.1. The normalized spacial score (nSPS) is 14.2. The van der Waals surface area contributed by atoms with E-state index in [-0.39, 0.29) is 5.82 Å². The second kappa shape index (κ2) is 2.77. The first-order valence-electron chi connectivity index (χ1n) is 4.25. The van der Waals surface area contributed by atoms with E-state index in [1.165, 1.54) is 0 Å². The molecule has 0 fully saturated rings. The SMILES string of the molecule is CCc1cc(F)c2c(c1)OCC2. The molecule has 64 valence electrons. The summed E-state index contributed by atoms with van der Waals surface area (Å²) >= 11 is 0. The molecule has 1 aliphatic heterocycles. The summed E-state index contributed by atoms with van der Waals surface area (Å²) in [6.07, 6.45) is 1.57. The fourth-order valence-electron chi connectivity index (χ4n) is 1.50. The molecule has 1 nitrogen and oxygen atoms in total. The predicted molar refractivity (Wildman–Crippen MR) is 45.0 cm³/mol. The summed E-state index contributed by atoms with van der Waals surface area (Å²) in [6.45, 7) is 2.63. The third-order valence-electron chi connectivity index (χ3n) is 2.23. The summed E-state index contributed by atoms with van der Waals surface area (Å²) in [5.41, 5.74) is 1.75. The second-order valence-electron chi connectivity index (χ2n) is 3.01. The molecule has 1 heterocycles. The van der Waals surface area contributed by atoms with Crippen molar-refractivity contribution in [1.29, 1.82) is 0 Å². The lowest BCUT2D eigenvalue weighted by Crippen LogP contribution is -1.88. The van der Waals surface area contributed by atoms with Gasteiger partial charge in [0.15, 0.2) is 0 Å². The number of fused-ring (bicyclic) bond motifs is 1. The fourth-order valence-corrected chi connectivity index (χ4v) is 1.50. The quantitative estimate of drug-likeness (QED) is 0.622. The van der Waals surface area contributed by atoms with E-state index < -0.39 is 0 Å². The Morgan fingerprint density at radius 1 is 1.50 bits per heavy atom. The predicted octanol–water partition coefficient (Wildman–Crippen LogP) is 2.32. The van der Waals surface area contributed by atoms with Crippen molar-refractivity contribution in [2.75, 3.05) is 6.61 Å². The van der Waals surface area contributed by atoms with Crippen LogP contribution in [0, 0.1) is 5.82 Å². The highest BCUT2D eigenvalue weighted by molar-refractivity contribution is 5.41. The summed E-state index contributed by atoms with van der Waals surface area (Å²) in [5.74, 6) is 0.633. The zero-order valence-corrected chi connectivity index (χ0v) is 7.06. The number of benzene rings is 1. The number of ether oxygens (including phenoxy) is 1. The Bertz CT molecular complexity index is 307. The molecule has 1 aromatic carbocycles. The van der Waals surface area contributed by atoms with Crippen LogP contribution < -0.4 is 4.74 Å². The average molecular weight is 166 g/mol. The second-order valence-corrected chi connectivity index (χ2v) is 3.01. The van der Waals surface area contributed by atoms with Crippen LogP contribution in [0.1, 0.15) is 18.1 Å². The topological polar surface area (TPSA) is 9.23 Å². The van der Waals surface area contributed by atoms with E-state index in [2.05, 4.69) is 0 Å². The molecule has 0 amide bonds. The minimum Gasteiger partial charge on any atom is -0.493 e. The van der Waals surface area contributed by atoms with Crippen molar-refractivity contribution in [2.45, 2.75) is 19.8 Å². The third-order valence-corrected chi connectivity index (χ3v) is 2.23. The first kappa shape index (κ1) is 7.59. The molecule has 0 bridgehead atoms. The molecule has 0 spiro atoms. The first-order chi connectivity index (χ1) is 5.81. The van der Waals surface area contributed by atoms with Crippen molar-refractivity contribution in [2.24, 2.45) is 0 Å². The highest BCUT2D eigenvalue weighted by Gasteiger charge is 2.16. The van der Waals surface area contributed by atoms with Gasteiger partial charge in [-0.3, -0.25) is 0 Å². The van der Waals surface area contributed by atoms with Gasteiger partial charge in [-0.05, 0) is 24.1 Å². The number of rotatable bonds is 1. The van der Waals surface area contributed by atoms with Crippen LogP contribution in [0.3, 0.4) is 0 Å². The molecule has 0 radical (unpaired) electrons. The molecule has 0 aliphatic carbocycles. The van der Waals surface area contributed by atoms with Gasteiger partial charge in [0.25, 0.3) is 0 Å². The molecule has 0 N–H and O–H groups in total. The van der Waals surface area contributed by atoms with Gasteiger partial charge >= 0.3 is 0 Å². The summed E-state index contributed by atoms with van der Waals surface area (Å²) in [7, 11) is 0. The molecule has 1 aromatic rings. The van der Waals surface area contributed by atoms with Crippen LogP contribution in [0.5, 0.6) is 5.75 Å². The smallest absolute Gasteiger partial charge is 0.130 e. The minimum absolute atomic E-state index is 0.109. The molecule has 1 aliphatic rings. The number of hydrogen-bond acceptors (Lipinski definition) is 1. The van der Waals surface area contributed by atoms with Gasteiger partial charge in [-0.25, -0.2) is 4.39 Å². The molecule has 0 aromatic heterocycles. The van der Waals surface area contributed by atoms with Gasteiger partial charge in [0.1, 0.15) is 11.6 Å². The fraction of sp³-hybridized carbons (Fsp3) is 0.400. The number of halogens is 1. The lowest BCUT2D eigenvalue weighted by Gasteiger charge is -2.02. The Labute approximate surface area is 71.2 Å². The van der Waals surface area contributed by atoms with Crippen molar-refractivity contribution in [3.8, 4) is 5.75 Å². The van der Waals surface area contributed by atoms with Crippen molar-refractivity contribution in [1.82, 2.24) is 0 Å². The lowest BCUT2D eigenvalue weighted by atomic mass is 10.1. The van der Waals surface area contributed by atoms with E-state index in [1.54, 1.807) is 6.07 Å². The molecule has 0 saturated carbocycles. The summed E-state index contributed by atoms with van der Waals surface area (Å²) < 4.78 is 18.5. The van der Waals surface area contributed by atoms with Crippen molar-refractivity contribution < 1.29 is 9.13 Å². The Morgan fingerprint density at radius 3 is 3.08 bits per heavy atom. The van der Waals surface area contributed by atoms with Crippen molar-refractivity contribution >= 4 is 0 Å². The van der Waals surface area contributed by atoms with E-state index in [0.717, 1.165) is 23.3 Å². The van der Waals surface area contributed by atoms with Crippen LogP contribution in [0.15, 0.2) is 12.1 Å². The van der Waals surface area contributed by atoms with Crippen molar-refractivity contribution in [3.63, 3.8) is 0 Å². The average Bonchev–Trinajstić information content (AvgIpc) is 2.52. The molecule has 0 unspecified atom stereocenters. The Morgan fingerprint density at radius 2 is 2.33 bits per heavy atom. The Hall–Kier alpha value is -1.05. The standard InChI is InChI=1S/C10H11FO/c1-2-7-5-9(11)8-3-4-12-10(8)6-7/h5-6H,2-4H2,1H3. The highest BCUT2D eigenvalue weighted by Crippen LogP contribution is 2.29. The van der Waals surface area contributed by atoms with Gasteiger partial charge in [-0.15, -0.1) is 0 Å². The Balaban J connectivity index is 2.51. The van der Waals surface area contributed by atoms with E-state index in [9.17, 15) is 4.39 Å². The maximum absolute atomic E-state index is 13.3. The molecule has 12 heavy (non-hydrogen) atoms. The molecule has 0 atom stereocenters. The lowest BCUT2D eigenvalue weighted by molar-refractivity contribution is 0.356. The van der Waals surface area contributed by atoms with Crippen LogP contribution in [0.4, 0.5) is 4.39 Å². The van der Waals surface area contributed by atoms with E-state index in [4.69, 9.17) is 4.74 Å². The minimum atomic E-state index is -0.109. The van der Waals surface area contributed by atoms with Crippen LogP contribution in [0.2, 0.25) is 0 Å². The zero-order chi connectivity index (χ0) is 8.55. The first-order valence-corrected chi connectivity index (χ1v) is 4.25. The molecule has 2 rings (SSSR count). The summed E-state index contributed by atoms with van der Waals surface area (Å²) in [4.78, 5) is 0. The molecular formula is C10H11FO. The van der Waals surface area contributed by atoms with Crippen LogP contribution in [-0.2, 0) is 12.8 Å². The van der Waals surface area contributed by atoms with Gasteiger partial charge in [0.2, 0.25) is 0 Å². The summed E-state index contributed by atoms with van der Waals surface area (Å²) in [6, 6.07) is 3.54.